The summed E-state index contributed by atoms with van der Waals surface area (Å²) in [5, 5.41) is 3.36. The maximum absolute atomic E-state index is 12.2. The van der Waals surface area contributed by atoms with E-state index in [0.29, 0.717) is 18.5 Å². The van der Waals surface area contributed by atoms with Gasteiger partial charge in [-0.25, -0.2) is 13.1 Å². The van der Waals surface area contributed by atoms with Crippen LogP contribution in [0.4, 0.5) is 5.69 Å². The highest BCUT2D eigenvalue weighted by Crippen LogP contribution is 2.37. The molecule has 0 spiro atoms. The van der Waals surface area contributed by atoms with Crippen LogP contribution in [-0.2, 0) is 14.8 Å². The number of sulfonamides is 1. The van der Waals surface area contributed by atoms with Crippen LogP contribution in [0.3, 0.4) is 0 Å². The number of carbonyl (C=O) groups excluding carboxylic acids is 1. The summed E-state index contributed by atoms with van der Waals surface area (Å²) in [5.41, 5.74) is 8.00. The number of hydrogen-bond donors (Lipinski definition) is 1. The van der Waals surface area contributed by atoms with E-state index in [4.69, 9.17) is 5.53 Å². The van der Waals surface area contributed by atoms with Crippen molar-refractivity contribution in [3.63, 3.8) is 0 Å². The summed E-state index contributed by atoms with van der Waals surface area (Å²) < 4.78 is 26.5. The van der Waals surface area contributed by atoms with Gasteiger partial charge in [-0.15, -0.1) is 0 Å². The molecular weight excluding hydrogens is 292 g/mol. The highest BCUT2D eigenvalue weighted by molar-refractivity contribution is 7.90. The van der Waals surface area contributed by atoms with E-state index < -0.39 is 21.3 Å². The molecule has 0 aliphatic heterocycles. The van der Waals surface area contributed by atoms with Crippen molar-refractivity contribution in [2.75, 3.05) is 0 Å². The van der Waals surface area contributed by atoms with Gasteiger partial charge in [0.25, 0.3) is 10.0 Å². The standard InChI is InChI=1S/C13H16N4O3S/c1-13(8-2-3-9-13)12(18)16-21(19,20)11-6-4-10(5-7-11)15-17-14/h4-7H,2-3,8-9H2,1H3,(H,16,18). The number of amides is 1. The van der Waals surface area contributed by atoms with Gasteiger partial charge in [0.2, 0.25) is 5.91 Å². The normalized spacial score (nSPS) is 17.0. The summed E-state index contributed by atoms with van der Waals surface area (Å²) in [4.78, 5) is 14.7. The molecule has 0 heterocycles. The first-order valence-corrected chi connectivity index (χ1v) is 8.08. The SMILES string of the molecule is CC1(C(=O)NS(=O)(=O)c2ccc(N=[N+]=[N-])cc2)CCCC1. The van der Waals surface area contributed by atoms with Gasteiger partial charge in [-0.1, -0.05) is 37.0 Å². The predicted octanol–water partition coefficient (Wildman–Crippen LogP) is 3.01. The van der Waals surface area contributed by atoms with Gasteiger partial charge in [0.15, 0.2) is 0 Å². The molecule has 0 aromatic heterocycles. The van der Waals surface area contributed by atoms with Crippen LogP contribution in [0.2, 0.25) is 0 Å². The van der Waals surface area contributed by atoms with Crippen LogP contribution in [0.15, 0.2) is 34.3 Å². The minimum absolute atomic E-state index is 0.0330. The molecule has 1 aliphatic rings. The third-order valence-electron chi connectivity index (χ3n) is 3.79. The molecule has 1 N–H and O–H groups in total. The van der Waals surface area contributed by atoms with E-state index in [-0.39, 0.29) is 4.90 Å². The molecule has 1 saturated carbocycles. The Hall–Kier alpha value is -2.05. The lowest BCUT2D eigenvalue weighted by molar-refractivity contribution is -0.127. The highest BCUT2D eigenvalue weighted by Gasteiger charge is 2.38. The van der Waals surface area contributed by atoms with Gasteiger partial charge in [-0.2, -0.15) is 0 Å². The minimum atomic E-state index is -3.90. The molecule has 1 aromatic carbocycles. The van der Waals surface area contributed by atoms with Crippen LogP contribution in [0.5, 0.6) is 0 Å². The Morgan fingerprint density at radius 3 is 2.38 bits per heavy atom. The van der Waals surface area contributed by atoms with Crippen molar-refractivity contribution in [2.45, 2.75) is 37.5 Å². The molecule has 21 heavy (non-hydrogen) atoms. The van der Waals surface area contributed by atoms with Crippen LogP contribution >= 0.6 is 0 Å². The third kappa shape index (κ3) is 3.34. The average molecular weight is 308 g/mol. The maximum atomic E-state index is 12.2. The van der Waals surface area contributed by atoms with Crippen LogP contribution in [-0.4, -0.2) is 14.3 Å². The minimum Gasteiger partial charge on any atom is -0.273 e. The Labute approximate surface area is 123 Å². The number of benzene rings is 1. The summed E-state index contributed by atoms with van der Waals surface area (Å²) in [6.07, 6.45) is 3.27. The van der Waals surface area contributed by atoms with E-state index in [1.807, 2.05) is 0 Å². The van der Waals surface area contributed by atoms with Gasteiger partial charge in [0, 0.05) is 16.0 Å². The van der Waals surface area contributed by atoms with Gasteiger partial charge in [0.05, 0.1) is 4.90 Å². The van der Waals surface area contributed by atoms with Crippen molar-refractivity contribution < 1.29 is 13.2 Å². The summed E-state index contributed by atoms with van der Waals surface area (Å²) in [6.45, 7) is 1.79. The third-order valence-corrected chi connectivity index (χ3v) is 5.14. The van der Waals surface area contributed by atoms with Crippen LogP contribution in [0.1, 0.15) is 32.6 Å². The van der Waals surface area contributed by atoms with Crippen molar-refractivity contribution in [1.82, 2.24) is 4.72 Å². The largest absolute Gasteiger partial charge is 0.273 e. The fourth-order valence-electron chi connectivity index (χ4n) is 2.43. The van der Waals surface area contributed by atoms with Gasteiger partial charge < -0.3 is 0 Å². The van der Waals surface area contributed by atoms with E-state index in [1.165, 1.54) is 24.3 Å². The summed E-state index contributed by atoms with van der Waals surface area (Å²) in [5.74, 6) is -0.459. The fraction of sp³-hybridized carbons (Fsp3) is 0.462. The quantitative estimate of drug-likeness (QED) is 0.524. The monoisotopic (exact) mass is 308 g/mol. The van der Waals surface area contributed by atoms with Crippen LogP contribution < -0.4 is 4.72 Å². The number of nitrogens with zero attached hydrogens (tertiary/aromatic N) is 3. The molecular formula is C13H16N4O3S. The molecule has 1 fully saturated rings. The van der Waals surface area contributed by atoms with Crippen LogP contribution in [0.25, 0.3) is 10.4 Å². The second kappa shape index (κ2) is 5.75. The molecule has 0 bridgehead atoms. The molecule has 0 atom stereocenters. The highest BCUT2D eigenvalue weighted by atomic mass is 32.2. The van der Waals surface area contributed by atoms with Crippen molar-refractivity contribution in [1.29, 1.82) is 0 Å². The zero-order valence-electron chi connectivity index (χ0n) is 11.6. The predicted molar refractivity (Wildman–Crippen MR) is 77.2 cm³/mol. The van der Waals surface area contributed by atoms with Gasteiger partial charge >= 0.3 is 0 Å². The molecule has 7 nitrogen and oxygen atoms in total. The number of rotatable bonds is 4. The average Bonchev–Trinajstić information content (AvgIpc) is 2.88. The Morgan fingerprint density at radius 1 is 1.29 bits per heavy atom. The molecule has 8 heteroatoms. The number of hydrogen-bond acceptors (Lipinski definition) is 4. The zero-order chi connectivity index (χ0) is 15.5. The first kappa shape index (κ1) is 15.3. The summed E-state index contributed by atoms with van der Waals surface area (Å²) in [6, 6.07) is 5.37. The molecule has 0 radical (unpaired) electrons. The number of azide groups is 1. The molecule has 1 aromatic rings. The Morgan fingerprint density at radius 2 is 1.86 bits per heavy atom. The zero-order valence-corrected chi connectivity index (χ0v) is 12.4. The Balaban J connectivity index is 2.18. The van der Waals surface area contributed by atoms with Gasteiger partial charge in [-0.3, -0.25) is 4.79 Å². The van der Waals surface area contributed by atoms with Crippen LogP contribution in [0, 0.1) is 5.41 Å². The van der Waals surface area contributed by atoms with E-state index in [1.54, 1.807) is 6.92 Å². The molecule has 1 amide bonds. The Kier molecular flexibility index (Phi) is 4.20. The van der Waals surface area contributed by atoms with Crippen molar-refractivity contribution in [2.24, 2.45) is 10.5 Å². The van der Waals surface area contributed by atoms with Gasteiger partial charge in [0.1, 0.15) is 0 Å². The molecule has 0 saturated heterocycles. The molecule has 0 unspecified atom stereocenters. The summed E-state index contributed by atoms with van der Waals surface area (Å²) >= 11 is 0. The van der Waals surface area contributed by atoms with Crippen molar-refractivity contribution >= 4 is 21.6 Å². The van der Waals surface area contributed by atoms with Crippen molar-refractivity contribution in [3.8, 4) is 0 Å². The molecule has 112 valence electrons. The maximum Gasteiger partial charge on any atom is 0.264 e. The lowest BCUT2D eigenvalue weighted by Crippen LogP contribution is -2.40. The van der Waals surface area contributed by atoms with Crippen molar-refractivity contribution in [3.05, 3.63) is 34.7 Å². The first-order valence-electron chi connectivity index (χ1n) is 6.60. The summed E-state index contributed by atoms with van der Waals surface area (Å²) in [7, 11) is -3.90. The number of nitrogens with one attached hydrogen (secondary N) is 1. The molecule has 1 aliphatic carbocycles. The molecule has 2 rings (SSSR count). The second-order valence-electron chi connectivity index (χ2n) is 5.39. The second-order valence-corrected chi connectivity index (χ2v) is 7.07. The van der Waals surface area contributed by atoms with E-state index >= 15 is 0 Å². The lowest BCUT2D eigenvalue weighted by Gasteiger charge is -2.22. The van der Waals surface area contributed by atoms with E-state index in [0.717, 1.165) is 12.8 Å². The first-order chi connectivity index (χ1) is 9.87. The smallest absolute Gasteiger partial charge is 0.264 e. The van der Waals surface area contributed by atoms with E-state index in [2.05, 4.69) is 14.7 Å². The topological polar surface area (TPSA) is 112 Å². The van der Waals surface area contributed by atoms with Gasteiger partial charge in [-0.05, 0) is 30.5 Å². The Bertz CT molecular complexity index is 685. The lowest BCUT2D eigenvalue weighted by atomic mass is 9.88. The number of carbonyl (C=O) groups is 1. The fourth-order valence-corrected chi connectivity index (χ4v) is 3.53. The van der Waals surface area contributed by atoms with E-state index in [9.17, 15) is 13.2 Å².